The zero-order valence-electron chi connectivity index (χ0n) is 38.5. The first-order chi connectivity index (χ1) is 33.4. The first kappa shape index (κ1) is 40.1. The molecule has 0 radical (unpaired) electrons. The molecule has 0 N–H and O–H groups in total. The maximum Gasteiger partial charge on any atom is 0.0714 e. The second kappa shape index (κ2) is 15.4. The SMILES string of the molecule is Cc1cc(-c2cccc3ccccc23)cc(-c2cccc3ccccc23)c1N(c1ccc2c(c1)C(C)(C)c1ccccc1-2)c1ccc2c(c1)C(c1ccccc1)(c1ccccc1)c1ccccc1-2. The van der Waals surface area contributed by atoms with Crippen molar-refractivity contribution in [2.45, 2.75) is 31.6 Å². The molecular formula is C67H49N. The normalized spacial score (nSPS) is 13.8. The Balaban J connectivity index is 1.14. The quantitative estimate of drug-likeness (QED) is 0.154. The lowest BCUT2D eigenvalue weighted by atomic mass is 9.67. The smallest absolute Gasteiger partial charge is 0.0714 e. The fraction of sp³-hybridized carbons (Fsp3) is 0.0746. The van der Waals surface area contributed by atoms with Gasteiger partial charge in [0.05, 0.1) is 11.1 Å². The fourth-order valence-electron chi connectivity index (χ4n) is 12.2. The average molecular weight is 868 g/mol. The fourth-order valence-corrected chi connectivity index (χ4v) is 12.2. The number of hydrogen-bond acceptors (Lipinski definition) is 1. The van der Waals surface area contributed by atoms with Crippen LogP contribution in [0.4, 0.5) is 17.1 Å². The molecule has 1 heteroatoms. The van der Waals surface area contributed by atoms with Crippen molar-refractivity contribution in [3.63, 3.8) is 0 Å². The lowest BCUT2D eigenvalue weighted by Gasteiger charge is -2.35. The van der Waals surface area contributed by atoms with E-state index in [0.29, 0.717) is 0 Å². The van der Waals surface area contributed by atoms with Crippen molar-refractivity contribution in [3.8, 4) is 44.5 Å². The number of fused-ring (bicyclic) bond motifs is 8. The van der Waals surface area contributed by atoms with Crippen LogP contribution < -0.4 is 4.90 Å². The molecule has 0 unspecified atom stereocenters. The van der Waals surface area contributed by atoms with Gasteiger partial charge in [-0.25, -0.2) is 0 Å². The van der Waals surface area contributed by atoms with Gasteiger partial charge in [-0.05, 0) is 143 Å². The van der Waals surface area contributed by atoms with Gasteiger partial charge in [-0.2, -0.15) is 0 Å². The van der Waals surface area contributed by atoms with E-state index in [-0.39, 0.29) is 5.41 Å². The van der Waals surface area contributed by atoms with Gasteiger partial charge in [0.1, 0.15) is 0 Å². The second-order valence-corrected chi connectivity index (χ2v) is 19.2. The zero-order valence-corrected chi connectivity index (χ0v) is 38.5. The molecule has 0 spiro atoms. The topological polar surface area (TPSA) is 3.24 Å². The molecule has 1 nitrogen and oxygen atoms in total. The van der Waals surface area contributed by atoms with Gasteiger partial charge in [-0.15, -0.1) is 0 Å². The van der Waals surface area contributed by atoms with Crippen LogP contribution in [0.5, 0.6) is 0 Å². The van der Waals surface area contributed by atoms with Crippen molar-refractivity contribution in [1.29, 1.82) is 0 Å². The molecule has 0 atom stereocenters. The number of aryl methyl sites for hydroxylation is 1. The van der Waals surface area contributed by atoms with Crippen LogP contribution in [0.15, 0.2) is 243 Å². The molecule has 2 aliphatic carbocycles. The Morgan fingerprint density at radius 3 is 1.43 bits per heavy atom. The summed E-state index contributed by atoms with van der Waals surface area (Å²) in [5.41, 5.74) is 21.7. The Hall–Kier alpha value is -8.26. The van der Waals surface area contributed by atoms with Crippen molar-refractivity contribution < 1.29 is 0 Å². The highest BCUT2D eigenvalue weighted by molar-refractivity contribution is 6.05. The minimum absolute atomic E-state index is 0.186. The van der Waals surface area contributed by atoms with Crippen molar-refractivity contribution >= 4 is 38.6 Å². The standard InChI is InChI=1S/C67H49N/c1-44-40-47(54-32-18-22-45-20-10-12-28-52(45)54)41-60(55-33-19-23-46-21-11-13-29-53(46)55)65(44)68(50-36-38-58-56-30-14-16-34-61(56)66(2,3)63(58)42-50)51-37-39-59-57-31-15-17-35-62(57)67(64(59)43-51,48-24-6-4-7-25-48)49-26-8-5-9-27-49/h4-43H,1-3H3. The maximum atomic E-state index is 2.59. The van der Waals surface area contributed by atoms with Gasteiger partial charge in [0, 0.05) is 22.4 Å². The van der Waals surface area contributed by atoms with Gasteiger partial charge in [0.2, 0.25) is 0 Å². The molecule has 13 rings (SSSR count). The number of hydrogen-bond donors (Lipinski definition) is 0. The zero-order chi connectivity index (χ0) is 45.6. The van der Waals surface area contributed by atoms with Crippen molar-refractivity contribution in [1.82, 2.24) is 0 Å². The lowest BCUT2D eigenvalue weighted by molar-refractivity contribution is 0.660. The molecule has 0 aliphatic heterocycles. The van der Waals surface area contributed by atoms with E-state index in [9.17, 15) is 0 Å². The Morgan fingerprint density at radius 2 is 0.779 bits per heavy atom. The van der Waals surface area contributed by atoms with E-state index in [4.69, 9.17) is 0 Å². The van der Waals surface area contributed by atoms with E-state index < -0.39 is 5.41 Å². The van der Waals surface area contributed by atoms with Crippen molar-refractivity contribution in [3.05, 3.63) is 282 Å². The van der Waals surface area contributed by atoms with E-state index in [1.165, 1.54) is 111 Å². The first-order valence-electron chi connectivity index (χ1n) is 23.9. The summed E-state index contributed by atoms with van der Waals surface area (Å²) in [6.07, 6.45) is 0. The summed E-state index contributed by atoms with van der Waals surface area (Å²) in [6, 6.07) is 90.9. The van der Waals surface area contributed by atoms with Crippen LogP contribution in [0.1, 0.15) is 52.8 Å². The minimum Gasteiger partial charge on any atom is -0.310 e. The van der Waals surface area contributed by atoms with Crippen molar-refractivity contribution in [2.75, 3.05) is 4.90 Å². The molecule has 0 heterocycles. The van der Waals surface area contributed by atoms with Gasteiger partial charge in [-0.1, -0.05) is 220 Å². The van der Waals surface area contributed by atoms with Crippen LogP contribution >= 0.6 is 0 Å². The van der Waals surface area contributed by atoms with Crippen LogP contribution in [0.3, 0.4) is 0 Å². The highest BCUT2D eigenvalue weighted by Gasteiger charge is 2.46. The van der Waals surface area contributed by atoms with Crippen LogP contribution in [0.2, 0.25) is 0 Å². The van der Waals surface area contributed by atoms with Crippen molar-refractivity contribution in [2.24, 2.45) is 0 Å². The van der Waals surface area contributed by atoms with E-state index in [2.05, 4.69) is 268 Å². The average Bonchev–Trinajstić information content (AvgIpc) is 3.82. The van der Waals surface area contributed by atoms with Gasteiger partial charge in [0.15, 0.2) is 0 Å². The molecule has 322 valence electrons. The predicted octanol–water partition coefficient (Wildman–Crippen LogP) is 17.8. The summed E-state index contributed by atoms with van der Waals surface area (Å²) in [4.78, 5) is 2.59. The van der Waals surface area contributed by atoms with Gasteiger partial charge in [-0.3, -0.25) is 0 Å². The molecule has 0 saturated heterocycles. The summed E-state index contributed by atoms with van der Waals surface area (Å²) >= 11 is 0. The summed E-state index contributed by atoms with van der Waals surface area (Å²) in [5.74, 6) is 0. The number of nitrogens with zero attached hydrogens (tertiary/aromatic N) is 1. The molecule has 2 aliphatic rings. The molecule has 11 aromatic rings. The van der Waals surface area contributed by atoms with Crippen LogP contribution in [-0.4, -0.2) is 0 Å². The summed E-state index contributed by atoms with van der Waals surface area (Å²) in [6.45, 7) is 7.09. The second-order valence-electron chi connectivity index (χ2n) is 19.2. The van der Waals surface area contributed by atoms with Crippen LogP contribution in [0, 0.1) is 6.92 Å². The molecule has 0 amide bonds. The van der Waals surface area contributed by atoms with Gasteiger partial charge < -0.3 is 4.90 Å². The van der Waals surface area contributed by atoms with Gasteiger partial charge >= 0.3 is 0 Å². The largest absolute Gasteiger partial charge is 0.310 e. The Kier molecular flexibility index (Phi) is 9.07. The van der Waals surface area contributed by atoms with Gasteiger partial charge in [0.25, 0.3) is 0 Å². The minimum atomic E-state index is -0.552. The maximum absolute atomic E-state index is 2.59. The third-order valence-electron chi connectivity index (χ3n) is 15.2. The Morgan fingerprint density at radius 1 is 0.324 bits per heavy atom. The number of anilines is 3. The number of benzene rings is 11. The van der Waals surface area contributed by atoms with Crippen LogP contribution in [0.25, 0.3) is 66.1 Å². The molecule has 0 bridgehead atoms. The first-order valence-corrected chi connectivity index (χ1v) is 23.9. The third kappa shape index (κ3) is 5.88. The summed E-state index contributed by atoms with van der Waals surface area (Å²) in [5, 5.41) is 4.94. The van der Waals surface area contributed by atoms with Crippen LogP contribution in [-0.2, 0) is 10.8 Å². The Bertz CT molecular complexity index is 3730. The van der Waals surface area contributed by atoms with E-state index in [0.717, 1.165) is 11.4 Å². The summed E-state index contributed by atoms with van der Waals surface area (Å²) in [7, 11) is 0. The van der Waals surface area contributed by atoms with E-state index >= 15 is 0 Å². The molecule has 11 aromatic carbocycles. The number of rotatable bonds is 7. The van der Waals surface area contributed by atoms with E-state index in [1.54, 1.807) is 0 Å². The van der Waals surface area contributed by atoms with E-state index in [1.807, 2.05) is 0 Å². The molecule has 0 aromatic heterocycles. The summed E-state index contributed by atoms with van der Waals surface area (Å²) < 4.78 is 0. The molecule has 68 heavy (non-hydrogen) atoms. The molecule has 0 saturated carbocycles. The monoisotopic (exact) mass is 867 g/mol. The predicted molar refractivity (Wildman–Crippen MR) is 287 cm³/mol. The third-order valence-corrected chi connectivity index (χ3v) is 15.2. The highest BCUT2D eigenvalue weighted by Crippen LogP contribution is 2.58. The molecule has 0 fully saturated rings. The highest BCUT2D eigenvalue weighted by atomic mass is 15.1. The lowest BCUT2D eigenvalue weighted by Crippen LogP contribution is -2.28. The Labute approximate surface area is 399 Å². The molecular weight excluding hydrogens is 819 g/mol.